The van der Waals surface area contributed by atoms with Gasteiger partial charge in [0, 0.05) is 41.7 Å². The second kappa shape index (κ2) is 7.95. The van der Waals surface area contributed by atoms with Gasteiger partial charge in [-0.1, -0.05) is 36.4 Å². The maximum atomic E-state index is 12.6. The monoisotopic (exact) mass is 411 g/mol. The normalized spacial score (nSPS) is 14.5. The Hall–Kier alpha value is -3.53. The van der Waals surface area contributed by atoms with Gasteiger partial charge in [-0.2, -0.15) is 0 Å². The Morgan fingerprint density at radius 1 is 1.03 bits per heavy atom. The predicted molar refractivity (Wildman–Crippen MR) is 125 cm³/mol. The molecule has 0 radical (unpaired) electrons. The molecule has 0 N–H and O–H groups in total. The first-order chi connectivity index (χ1) is 15.1. The van der Waals surface area contributed by atoms with E-state index in [4.69, 9.17) is 9.15 Å². The van der Waals surface area contributed by atoms with Crippen LogP contribution in [0.2, 0.25) is 0 Å². The van der Waals surface area contributed by atoms with Gasteiger partial charge in [0.1, 0.15) is 11.3 Å². The molecule has 0 aliphatic carbocycles. The van der Waals surface area contributed by atoms with E-state index in [1.165, 1.54) is 10.8 Å². The van der Waals surface area contributed by atoms with Gasteiger partial charge in [0.05, 0.1) is 13.4 Å². The van der Waals surface area contributed by atoms with Crippen molar-refractivity contribution in [2.75, 3.05) is 20.2 Å². The molecule has 1 aliphatic heterocycles. The third kappa shape index (κ3) is 3.59. The van der Waals surface area contributed by atoms with Crippen molar-refractivity contribution in [2.24, 2.45) is 0 Å². The number of methoxy groups -OCH3 is 1. The third-order valence-corrected chi connectivity index (χ3v) is 6.14. The number of furan rings is 1. The number of carbonyl (C=O) groups excluding carboxylic acids is 1. The summed E-state index contributed by atoms with van der Waals surface area (Å²) in [6, 6.07) is 18.7. The van der Waals surface area contributed by atoms with Crippen molar-refractivity contribution in [3.8, 4) is 16.9 Å². The summed E-state index contributed by atoms with van der Waals surface area (Å²) in [6.07, 6.45) is 5.69. The van der Waals surface area contributed by atoms with Crippen molar-refractivity contribution in [2.45, 2.75) is 19.8 Å². The van der Waals surface area contributed by atoms with Crippen LogP contribution < -0.4 is 4.74 Å². The summed E-state index contributed by atoms with van der Waals surface area (Å²) in [6.45, 7) is 3.65. The number of hydrogen-bond acceptors (Lipinski definition) is 3. The van der Waals surface area contributed by atoms with Crippen LogP contribution in [-0.2, 0) is 4.79 Å². The van der Waals surface area contributed by atoms with Crippen LogP contribution >= 0.6 is 0 Å². The van der Waals surface area contributed by atoms with E-state index < -0.39 is 0 Å². The summed E-state index contributed by atoms with van der Waals surface area (Å²) in [5.41, 5.74) is 4.70. The minimum Gasteiger partial charge on any atom is -0.496 e. The molecule has 1 fully saturated rings. The standard InChI is InChI=1S/C27H25NO3/c1-18(13-27(29)28-11-5-6-12-28)22-15-23-24(17-31-26(23)16-25(22)30-2)21-10-9-19-7-3-4-8-20(19)14-21/h3-4,7-10,13-17H,5-6,11-12H2,1-2H3/b18-13+. The van der Waals surface area contributed by atoms with Crippen molar-refractivity contribution in [3.05, 3.63) is 72.5 Å². The highest BCUT2D eigenvalue weighted by Gasteiger charge is 2.18. The Bertz CT molecular complexity index is 1310. The zero-order valence-corrected chi connectivity index (χ0v) is 17.9. The Kier molecular flexibility index (Phi) is 4.99. The number of allylic oxidation sites excluding steroid dienone is 1. The molecule has 3 aromatic carbocycles. The first kappa shape index (κ1) is 19.4. The lowest BCUT2D eigenvalue weighted by atomic mass is 9.97. The van der Waals surface area contributed by atoms with Gasteiger partial charge in [-0.05, 0) is 53.8 Å². The molecular formula is C27H25NO3. The molecule has 1 aromatic heterocycles. The second-order valence-electron chi connectivity index (χ2n) is 8.12. The van der Waals surface area contributed by atoms with Crippen molar-refractivity contribution in [3.63, 3.8) is 0 Å². The molecule has 31 heavy (non-hydrogen) atoms. The van der Waals surface area contributed by atoms with Gasteiger partial charge in [-0.25, -0.2) is 0 Å². The van der Waals surface area contributed by atoms with Crippen molar-refractivity contribution in [1.29, 1.82) is 0 Å². The summed E-state index contributed by atoms with van der Waals surface area (Å²) in [7, 11) is 1.65. The van der Waals surface area contributed by atoms with Gasteiger partial charge >= 0.3 is 0 Å². The molecule has 1 amide bonds. The molecule has 4 aromatic rings. The summed E-state index contributed by atoms with van der Waals surface area (Å²) in [4.78, 5) is 14.6. The van der Waals surface area contributed by atoms with Gasteiger partial charge in [0.25, 0.3) is 0 Å². The summed E-state index contributed by atoms with van der Waals surface area (Å²) in [5, 5.41) is 3.41. The molecule has 4 heteroatoms. The fraction of sp³-hybridized carbons (Fsp3) is 0.222. The fourth-order valence-electron chi connectivity index (χ4n) is 4.40. The average molecular weight is 412 g/mol. The number of rotatable bonds is 4. The maximum Gasteiger partial charge on any atom is 0.246 e. The van der Waals surface area contributed by atoms with Crippen molar-refractivity contribution >= 4 is 33.2 Å². The van der Waals surface area contributed by atoms with Crippen LogP contribution in [0.3, 0.4) is 0 Å². The van der Waals surface area contributed by atoms with Gasteiger partial charge < -0.3 is 14.1 Å². The van der Waals surface area contributed by atoms with E-state index in [1.54, 1.807) is 19.4 Å². The Morgan fingerprint density at radius 3 is 2.58 bits per heavy atom. The molecule has 0 bridgehead atoms. The summed E-state index contributed by atoms with van der Waals surface area (Å²) >= 11 is 0. The average Bonchev–Trinajstić information content (AvgIpc) is 3.47. The van der Waals surface area contributed by atoms with E-state index in [0.717, 1.165) is 59.2 Å². The minimum atomic E-state index is 0.0686. The number of fused-ring (bicyclic) bond motifs is 2. The molecular weight excluding hydrogens is 386 g/mol. The molecule has 0 spiro atoms. The van der Waals surface area contributed by atoms with E-state index in [9.17, 15) is 4.79 Å². The van der Waals surface area contributed by atoms with Crippen LogP contribution in [0.5, 0.6) is 5.75 Å². The number of ether oxygens (including phenoxy) is 1. The van der Waals surface area contributed by atoms with Crippen molar-refractivity contribution < 1.29 is 13.9 Å². The zero-order chi connectivity index (χ0) is 21.4. The smallest absolute Gasteiger partial charge is 0.246 e. The fourth-order valence-corrected chi connectivity index (χ4v) is 4.40. The Morgan fingerprint density at radius 2 is 1.81 bits per heavy atom. The summed E-state index contributed by atoms with van der Waals surface area (Å²) < 4.78 is 11.5. The van der Waals surface area contributed by atoms with Crippen molar-refractivity contribution in [1.82, 2.24) is 4.90 Å². The molecule has 0 atom stereocenters. The highest BCUT2D eigenvalue weighted by Crippen LogP contribution is 2.38. The van der Waals surface area contributed by atoms with E-state index in [2.05, 4.69) is 36.4 Å². The molecule has 156 valence electrons. The lowest BCUT2D eigenvalue weighted by Gasteiger charge is -2.14. The molecule has 1 aliphatic rings. The van der Waals surface area contributed by atoms with Gasteiger partial charge in [0.15, 0.2) is 0 Å². The highest BCUT2D eigenvalue weighted by molar-refractivity contribution is 6.01. The van der Waals surface area contributed by atoms with Crippen LogP contribution in [0, 0.1) is 0 Å². The van der Waals surface area contributed by atoms with Gasteiger partial charge in [0.2, 0.25) is 5.91 Å². The number of hydrogen-bond donors (Lipinski definition) is 0. The molecule has 2 heterocycles. The number of amides is 1. The number of nitrogens with zero attached hydrogens (tertiary/aromatic N) is 1. The number of benzene rings is 3. The van der Waals surface area contributed by atoms with Gasteiger partial charge in [-0.15, -0.1) is 0 Å². The molecule has 4 nitrogen and oxygen atoms in total. The topological polar surface area (TPSA) is 42.7 Å². The minimum absolute atomic E-state index is 0.0686. The first-order valence-corrected chi connectivity index (χ1v) is 10.7. The van der Waals surface area contributed by atoms with Crippen LogP contribution in [-0.4, -0.2) is 31.0 Å². The lowest BCUT2D eigenvalue weighted by Crippen LogP contribution is -2.25. The maximum absolute atomic E-state index is 12.6. The Labute approximate surface area is 181 Å². The molecule has 0 unspecified atom stereocenters. The van der Waals surface area contributed by atoms with Crippen LogP contribution in [0.1, 0.15) is 25.3 Å². The second-order valence-corrected chi connectivity index (χ2v) is 8.12. The largest absolute Gasteiger partial charge is 0.496 e. The van der Waals surface area contributed by atoms with Gasteiger partial charge in [-0.3, -0.25) is 4.79 Å². The zero-order valence-electron chi connectivity index (χ0n) is 17.9. The van der Waals surface area contributed by atoms with E-state index >= 15 is 0 Å². The van der Waals surface area contributed by atoms with Crippen LogP contribution in [0.15, 0.2) is 71.4 Å². The van der Waals surface area contributed by atoms with E-state index in [-0.39, 0.29) is 5.91 Å². The van der Waals surface area contributed by atoms with E-state index in [0.29, 0.717) is 5.75 Å². The molecule has 1 saturated heterocycles. The van der Waals surface area contributed by atoms with Crippen LogP contribution in [0.4, 0.5) is 0 Å². The first-order valence-electron chi connectivity index (χ1n) is 10.7. The number of carbonyl (C=O) groups is 1. The lowest BCUT2D eigenvalue weighted by molar-refractivity contribution is -0.124. The molecule has 5 rings (SSSR count). The quantitative estimate of drug-likeness (QED) is 0.371. The van der Waals surface area contributed by atoms with E-state index in [1.807, 2.05) is 30.0 Å². The Balaban J connectivity index is 1.59. The third-order valence-electron chi connectivity index (χ3n) is 6.14. The predicted octanol–water partition coefficient (Wildman–Crippen LogP) is 6.29. The van der Waals surface area contributed by atoms with Crippen LogP contribution in [0.25, 0.3) is 38.4 Å². The summed E-state index contributed by atoms with van der Waals surface area (Å²) in [5.74, 6) is 0.772. The number of likely N-dealkylation sites (tertiary alicyclic amines) is 1. The highest BCUT2D eigenvalue weighted by atomic mass is 16.5. The SMILES string of the molecule is COc1cc2occ(-c3ccc4ccccc4c3)c2cc1/C(C)=C/C(=O)N1CCCC1. The molecule has 0 saturated carbocycles.